The van der Waals surface area contributed by atoms with E-state index < -0.39 is 31.3 Å². The average Bonchev–Trinajstić information content (AvgIpc) is 3.47. The minimum absolute atomic E-state index is 0.191. The van der Waals surface area contributed by atoms with Crippen LogP contribution in [0.25, 0.3) is 0 Å². The van der Waals surface area contributed by atoms with Crippen molar-refractivity contribution in [1.82, 2.24) is 5.32 Å². The number of hydrogen-bond acceptors (Lipinski definition) is 6. The summed E-state index contributed by atoms with van der Waals surface area (Å²) in [6.45, 7) is 6.72. The molecule has 0 aliphatic carbocycles. The van der Waals surface area contributed by atoms with E-state index >= 15 is 0 Å². The van der Waals surface area contributed by atoms with Crippen molar-refractivity contribution in [1.29, 1.82) is 0 Å². The highest BCUT2D eigenvalue weighted by molar-refractivity contribution is 6.80. The molecule has 1 aromatic rings. The number of carbonyl (C=O) groups is 3. The Morgan fingerprint density at radius 2 is 1.77 bits per heavy atom. The smallest absolute Gasteiger partial charge is 0.330 e. The van der Waals surface area contributed by atoms with Crippen LogP contribution >= 0.6 is 0 Å². The Kier molecular flexibility index (Phi) is 6.01. The Balaban J connectivity index is 2.28. The van der Waals surface area contributed by atoms with E-state index in [-0.39, 0.29) is 5.91 Å². The number of benzene rings is 1. The lowest BCUT2D eigenvalue weighted by Crippen LogP contribution is -2.45. The molecular weight excluding hydrogens is 402 g/mol. The molecule has 2 heterocycles. The normalized spacial score (nSPS) is 26.3. The third kappa shape index (κ3) is 3.84. The summed E-state index contributed by atoms with van der Waals surface area (Å²) < 4.78 is 16.1. The number of epoxide rings is 1. The fourth-order valence-corrected chi connectivity index (χ4v) is 6.51. The number of esters is 2. The van der Waals surface area contributed by atoms with Crippen LogP contribution in [0, 0.1) is 0 Å². The highest BCUT2D eigenvalue weighted by atomic mass is 28.3. The van der Waals surface area contributed by atoms with E-state index in [1.807, 2.05) is 18.2 Å². The third-order valence-electron chi connectivity index (χ3n) is 5.60. The Bertz CT molecular complexity index is 945. The number of carbonyl (C=O) groups excluding carboxylic acids is 3. The highest BCUT2D eigenvalue weighted by Gasteiger charge is 2.67. The van der Waals surface area contributed by atoms with Crippen LogP contribution in [0.4, 0.5) is 0 Å². The summed E-state index contributed by atoms with van der Waals surface area (Å²) in [6.07, 6.45) is 2.73. The predicted molar refractivity (Wildman–Crippen MR) is 113 cm³/mol. The van der Waals surface area contributed by atoms with E-state index in [2.05, 4.69) is 25.0 Å². The molecule has 1 amide bonds. The van der Waals surface area contributed by atoms with Gasteiger partial charge < -0.3 is 19.5 Å². The lowest BCUT2D eigenvalue weighted by atomic mass is 9.91. The molecule has 1 aromatic carbocycles. The standard InChI is InChI=1S/C22H27NO6Si/c1-27-18(24)12-14-10-11-23-21(26)16-9-7-6-8-15(16)20-22(29-20,30(3,4)5)17(14)13-19(25)28-2/h6-9,12-13,20H,10-11H2,1-5H3,(H,23,26)/b14-12+,17-13-. The van der Waals surface area contributed by atoms with E-state index in [1.165, 1.54) is 26.4 Å². The second kappa shape index (κ2) is 8.20. The van der Waals surface area contributed by atoms with Crippen LogP contribution in [0.1, 0.15) is 28.4 Å². The lowest BCUT2D eigenvalue weighted by Gasteiger charge is -2.31. The maximum absolute atomic E-state index is 12.8. The maximum atomic E-state index is 12.8. The summed E-state index contributed by atoms with van der Waals surface area (Å²) in [5, 5.41) is 2.11. The fraction of sp³-hybridized carbons (Fsp3) is 0.409. The molecule has 2 atom stereocenters. The maximum Gasteiger partial charge on any atom is 0.330 e. The molecule has 1 saturated heterocycles. The molecule has 0 aromatic heterocycles. The number of fused-ring (bicyclic) bond motifs is 3. The zero-order valence-electron chi connectivity index (χ0n) is 17.9. The Labute approximate surface area is 177 Å². The predicted octanol–water partition coefficient (Wildman–Crippen LogP) is 2.71. The quantitative estimate of drug-likeness (QED) is 0.344. The molecule has 30 heavy (non-hydrogen) atoms. The van der Waals surface area contributed by atoms with Crippen molar-refractivity contribution >= 4 is 25.9 Å². The molecule has 3 rings (SSSR count). The van der Waals surface area contributed by atoms with Gasteiger partial charge in [-0.2, -0.15) is 0 Å². The molecule has 1 fully saturated rings. The molecule has 2 unspecified atom stereocenters. The van der Waals surface area contributed by atoms with E-state index in [4.69, 9.17) is 14.2 Å². The van der Waals surface area contributed by atoms with E-state index in [0.29, 0.717) is 29.7 Å². The number of nitrogens with one attached hydrogen (secondary N) is 1. The van der Waals surface area contributed by atoms with E-state index in [9.17, 15) is 14.4 Å². The molecule has 0 saturated carbocycles. The Morgan fingerprint density at radius 3 is 2.40 bits per heavy atom. The van der Waals surface area contributed by atoms with Gasteiger partial charge >= 0.3 is 11.9 Å². The first kappa shape index (κ1) is 22.0. The van der Waals surface area contributed by atoms with Gasteiger partial charge in [0.15, 0.2) is 0 Å². The van der Waals surface area contributed by atoms with Gasteiger partial charge in [-0.3, -0.25) is 4.79 Å². The number of amides is 1. The van der Waals surface area contributed by atoms with Gasteiger partial charge in [-0.15, -0.1) is 0 Å². The van der Waals surface area contributed by atoms with Crippen LogP contribution in [-0.4, -0.2) is 51.9 Å². The molecule has 2 aliphatic rings. The topological polar surface area (TPSA) is 94.2 Å². The van der Waals surface area contributed by atoms with Gasteiger partial charge in [0.25, 0.3) is 5.91 Å². The van der Waals surface area contributed by atoms with Gasteiger partial charge in [0.2, 0.25) is 0 Å². The average molecular weight is 430 g/mol. The zero-order chi connectivity index (χ0) is 22.1. The van der Waals surface area contributed by atoms with Crippen LogP contribution in [0.3, 0.4) is 0 Å². The Morgan fingerprint density at radius 1 is 1.13 bits per heavy atom. The Hall–Kier alpha value is -2.71. The molecule has 1 N–H and O–H groups in total. The van der Waals surface area contributed by atoms with Gasteiger partial charge in [0.1, 0.15) is 11.3 Å². The van der Waals surface area contributed by atoms with Gasteiger partial charge in [0, 0.05) is 24.3 Å². The van der Waals surface area contributed by atoms with Crippen LogP contribution in [0.2, 0.25) is 19.6 Å². The first-order valence-corrected chi connectivity index (χ1v) is 13.3. The van der Waals surface area contributed by atoms with Gasteiger partial charge in [0.05, 0.1) is 22.3 Å². The molecule has 0 bridgehead atoms. The van der Waals surface area contributed by atoms with Gasteiger partial charge in [-0.25, -0.2) is 9.59 Å². The molecular formula is C22H27NO6Si. The van der Waals surface area contributed by atoms with Crippen LogP contribution in [0.5, 0.6) is 0 Å². The second-order valence-corrected chi connectivity index (χ2v) is 13.6. The summed E-state index contributed by atoms with van der Waals surface area (Å²) in [4.78, 5) is 37.2. The van der Waals surface area contributed by atoms with Gasteiger partial charge in [-0.1, -0.05) is 37.8 Å². The van der Waals surface area contributed by atoms with Crippen molar-refractivity contribution in [2.45, 2.75) is 37.4 Å². The van der Waals surface area contributed by atoms with Crippen LogP contribution in [-0.2, 0) is 23.8 Å². The largest absolute Gasteiger partial charge is 0.466 e. The highest BCUT2D eigenvalue weighted by Crippen LogP contribution is 2.61. The molecule has 160 valence electrons. The summed E-state index contributed by atoms with van der Waals surface area (Å²) >= 11 is 0. The number of methoxy groups -OCH3 is 2. The third-order valence-corrected chi connectivity index (χ3v) is 8.48. The molecule has 8 heteroatoms. The molecule has 7 nitrogen and oxygen atoms in total. The van der Waals surface area contributed by atoms with Crippen molar-refractivity contribution < 1.29 is 28.6 Å². The second-order valence-electron chi connectivity index (χ2n) is 8.35. The number of ether oxygens (including phenoxy) is 3. The molecule has 0 radical (unpaired) electrons. The van der Waals surface area contributed by atoms with Crippen LogP contribution in [0.15, 0.2) is 47.6 Å². The molecule has 0 spiro atoms. The minimum atomic E-state index is -2.16. The van der Waals surface area contributed by atoms with Crippen molar-refractivity contribution in [3.63, 3.8) is 0 Å². The summed E-state index contributed by atoms with van der Waals surface area (Å²) in [5.41, 5.74) is 2.54. The number of hydrogen-bond donors (Lipinski definition) is 1. The van der Waals surface area contributed by atoms with Crippen LogP contribution < -0.4 is 5.32 Å². The summed E-state index contributed by atoms with van der Waals surface area (Å²) in [6, 6.07) is 7.33. The first-order valence-electron chi connectivity index (χ1n) is 9.79. The van der Waals surface area contributed by atoms with Gasteiger partial charge in [-0.05, 0) is 29.2 Å². The van der Waals surface area contributed by atoms with Crippen molar-refractivity contribution in [3.05, 3.63) is 58.7 Å². The van der Waals surface area contributed by atoms with E-state index in [0.717, 1.165) is 5.56 Å². The minimum Gasteiger partial charge on any atom is -0.466 e. The SMILES string of the molecule is COC(=O)/C=C1/C(=C/C(=O)OC)CCNC(=O)c2ccccc2C2OC12[Si](C)(C)C. The van der Waals surface area contributed by atoms with Crippen molar-refractivity contribution in [3.8, 4) is 0 Å². The fourth-order valence-electron chi connectivity index (χ4n) is 4.05. The number of rotatable bonds is 3. The molecule has 2 aliphatic heterocycles. The summed E-state index contributed by atoms with van der Waals surface area (Å²) in [7, 11) is 0.449. The monoisotopic (exact) mass is 429 g/mol. The lowest BCUT2D eigenvalue weighted by molar-refractivity contribution is -0.135. The van der Waals surface area contributed by atoms with Crippen molar-refractivity contribution in [2.75, 3.05) is 20.8 Å². The first-order chi connectivity index (χ1) is 14.2. The van der Waals surface area contributed by atoms with Crippen molar-refractivity contribution in [2.24, 2.45) is 0 Å². The zero-order valence-corrected chi connectivity index (χ0v) is 18.9. The summed E-state index contributed by atoms with van der Waals surface area (Å²) in [5.74, 6) is -1.25. The van der Waals surface area contributed by atoms with E-state index in [1.54, 1.807) is 6.07 Å².